The van der Waals surface area contributed by atoms with E-state index in [4.69, 9.17) is 14.7 Å². The molecule has 6 rings (SSSR count). The van der Waals surface area contributed by atoms with E-state index in [0.29, 0.717) is 40.1 Å². The van der Waals surface area contributed by atoms with Gasteiger partial charge in [0.15, 0.2) is 11.4 Å². The molecule has 0 aliphatic heterocycles. The summed E-state index contributed by atoms with van der Waals surface area (Å²) in [5.41, 5.74) is 1.65. The lowest BCUT2D eigenvalue weighted by Gasteiger charge is -2.31. The fourth-order valence-electron chi connectivity index (χ4n) is 5.80. The number of fused-ring (bicyclic) bond motifs is 1. The summed E-state index contributed by atoms with van der Waals surface area (Å²) in [6.45, 7) is 0. The van der Waals surface area contributed by atoms with Gasteiger partial charge >= 0.3 is 6.18 Å². The van der Waals surface area contributed by atoms with Crippen LogP contribution < -0.4 is 10.1 Å². The van der Waals surface area contributed by atoms with Gasteiger partial charge in [0.1, 0.15) is 5.69 Å². The van der Waals surface area contributed by atoms with Crippen molar-refractivity contribution in [3.8, 4) is 5.69 Å². The van der Waals surface area contributed by atoms with Gasteiger partial charge in [-0.1, -0.05) is 24.3 Å². The maximum absolute atomic E-state index is 13.4. The van der Waals surface area contributed by atoms with E-state index in [1.807, 2.05) is 36.5 Å². The van der Waals surface area contributed by atoms with Gasteiger partial charge in [0.25, 0.3) is 0 Å². The normalized spacial score (nSPS) is 13.1. The topological polar surface area (TPSA) is 107 Å². The molecule has 48 heavy (non-hydrogen) atoms. The number of halogens is 3. The van der Waals surface area contributed by atoms with Crippen LogP contribution in [0.5, 0.6) is 0 Å². The summed E-state index contributed by atoms with van der Waals surface area (Å²) in [4.78, 5) is 24.1. The minimum atomic E-state index is -4.64. The first-order valence-electron chi connectivity index (χ1n) is 14.8. The minimum Gasteiger partial charge on any atom is -0.374 e. The molecule has 0 bridgehead atoms. The van der Waals surface area contributed by atoms with Crippen LogP contribution in [0.3, 0.4) is 0 Å². The molecule has 6 aromatic rings. The van der Waals surface area contributed by atoms with E-state index in [-0.39, 0.29) is 5.56 Å². The van der Waals surface area contributed by atoms with Gasteiger partial charge in [0.2, 0.25) is 0 Å². The number of hydrogen-bond acceptors (Lipinski definition) is 9. The number of rotatable bonds is 10. The summed E-state index contributed by atoms with van der Waals surface area (Å²) in [6, 6.07) is 17.1. The number of aryl methyl sites for hydroxylation is 1. The van der Waals surface area contributed by atoms with Crippen molar-refractivity contribution in [1.29, 1.82) is 0 Å². The quantitative estimate of drug-likeness (QED) is 0.193. The lowest BCUT2D eigenvalue weighted by atomic mass is 9.83. The molecule has 14 heteroatoms. The van der Waals surface area contributed by atoms with Crippen molar-refractivity contribution in [3.63, 3.8) is 0 Å². The van der Waals surface area contributed by atoms with Crippen molar-refractivity contribution in [2.45, 2.75) is 18.2 Å². The number of hydrogen-bond donors (Lipinski definition) is 1. The Morgan fingerprint density at radius 2 is 1.65 bits per heavy atom. The zero-order chi connectivity index (χ0) is 34.2. The third-order valence-corrected chi connectivity index (χ3v) is 8.36. The number of alkyl halides is 3. The average molecular weight is 659 g/mol. The standard InChI is InChI=1S/C34H33F3N8O3/c1-42-21-38-20-30(42)33(46,24-10-14-29(39-19-24)34(35,36)37)23-9-13-28-26(18-23)31(43(2)47-4)27(32(41-28)44(3)48-5)17-22-7-11-25(12-8-22)45-16-6-15-40-45/h6-16,18-21,46H,17H2,1-5H3. The van der Waals surface area contributed by atoms with Gasteiger partial charge in [0.05, 0.1) is 49.3 Å². The number of imidazole rings is 1. The highest BCUT2D eigenvalue weighted by Gasteiger charge is 2.39. The van der Waals surface area contributed by atoms with Crippen LogP contribution in [0, 0.1) is 0 Å². The van der Waals surface area contributed by atoms with Gasteiger partial charge in [-0.05, 0) is 47.5 Å². The molecule has 1 unspecified atom stereocenters. The molecule has 248 valence electrons. The Balaban J connectivity index is 1.56. The van der Waals surface area contributed by atoms with Crippen LogP contribution in [0.15, 0.2) is 91.8 Å². The van der Waals surface area contributed by atoms with Gasteiger partial charge in [0, 0.05) is 62.7 Å². The highest BCUT2D eigenvalue weighted by molar-refractivity contribution is 5.96. The number of benzene rings is 2. The fraction of sp³-hybridized carbons (Fsp3) is 0.235. The molecule has 0 fully saturated rings. The Hall–Kier alpha value is -5.31. The predicted octanol–water partition coefficient (Wildman–Crippen LogP) is 5.44. The Kier molecular flexibility index (Phi) is 8.64. The smallest absolute Gasteiger partial charge is 0.374 e. The van der Waals surface area contributed by atoms with E-state index in [1.165, 1.54) is 18.6 Å². The summed E-state index contributed by atoms with van der Waals surface area (Å²) in [6.07, 6.45) is 3.38. The first-order chi connectivity index (χ1) is 22.9. The fourth-order valence-corrected chi connectivity index (χ4v) is 5.80. The molecular weight excluding hydrogens is 625 g/mol. The SMILES string of the molecule is CON(C)c1nc2ccc(C(O)(c3ccc(C(F)(F)F)nc3)c3cncn3C)cc2c(N(C)OC)c1Cc1ccc(-n2cccn2)cc1. The molecule has 0 spiro atoms. The van der Waals surface area contributed by atoms with Crippen LogP contribution in [0.1, 0.15) is 33.6 Å². The molecule has 2 aromatic carbocycles. The molecule has 0 radical (unpaired) electrons. The van der Waals surface area contributed by atoms with E-state index in [9.17, 15) is 18.3 Å². The Bertz CT molecular complexity index is 2030. The predicted molar refractivity (Wildman–Crippen MR) is 173 cm³/mol. The zero-order valence-corrected chi connectivity index (χ0v) is 26.8. The van der Waals surface area contributed by atoms with Crippen molar-refractivity contribution in [3.05, 3.63) is 125 Å². The Labute approximate surface area is 274 Å². The highest BCUT2D eigenvalue weighted by atomic mass is 19.4. The average Bonchev–Trinajstić information content (AvgIpc) is 3.79. The molecular formula is C34H33F3N8O3. The van der Waals surface area contributed by atoms with Crippen LogP contribution in [-0.4, -0.2) is 62.7 Å². The van der Waals surface area contributed by atoms with Crippen molar-refractivity contribution in [1.82, 2.24) is 29.3 Å². The summed E-state index contributed by atoms with van der Waals surface area (Å²) >= 11 is 0. The molecule has 4 aromatic heterocycles. The van der Waals surface area contributed by atoms with E-state index >= 15 is 0 Å². The number of nitrogens with zero attached hydrogens (tertiary/aromatic N) is 8. The highest BCUT2D eigenvalue weighted by Crippen LogP contribution is 2.42. The molecule has 0 aliphatic rings. The molecule has 4 heterocycles. The van der Waals surface area contributed by atoms with Gasteiger partial charge in [-0.25, -0.2) is 19.7 Å². The summed E-state index contributed by atoms with van der Waals surface area (Å²) in [5.74, 6) is 0.543. The number of aliphatic hydroxyl groups is 1. The van der Waals surface area contributed by atoms with E-state index in [1.54, 1.807) is 79.1 Å². The van der Waals surface area contributed by atoms with Crippen LogP contribution in [0.2, 0.25) is 0 Å². The first-order valence-corrected chi connectivity index (χ1v) is 14.8. The maximum atomic E-state index is 13.4. The minimum absolute atomic E-state index is 0.126. The number of pyridine rings is 2. The van der Waals surface area contributed by atoms with Crippen LogP contribution in [0.4, 0.5) is 24.7 Å². The summed E-state index contributed by atoms with van der Waals surface area (Å²) in [7, 11) is 8.29. The maximum Gasteiger partial charge on any atom is 0.433 e. The monoisotopic (exact) mass is 658 g/mol. The van der Waals surface area contributed by atoms with Gasteiger partial charge in [-0.15, -0.1) is 0 Å². The molecule has 0 amide bonds. The van der Waals surface area contributed by atoms with Crippen LogP contribution in [0.25, 0.3) is 16.6 Å². The lowest BCUT2D eigenvalue weighted by Crippen LogP contribution is -2.31. The molecule has 0 aliphatic carbocycles. The van der Waals surface area contributed by atoms with Gasteiger partial charge in [-0.2, -0.15) is 18.3 Å². The van der Waals surface area contributed by atoms with Crippen molar-refractivity contribution in [2.24, 2.45) is 7.05 Å². The van der Waals surface area contributed by atoms with Crippen LogP contribution in [-0.2, 0) is 34.9 Å². The molecule has 11 nitrogen and oxygen atoms in total. The second kappa shape index (κ2) is 12.7. The molecule has 1 atom stereocenters. The number of aromatic nitrogens is 6. The third kappa shape index (κ3) is 5.85. The third-order valence-electron chi connectivity index (χ3n) is 8.36. The molecule has 1 N–H and O–H groups in total. The first kappa shape index (κ1) is 32.6. The largest absolute Gasteiger partial charge is 0.433 e. The van der Waals surface area contributed by atoms with E-state index < -0.39 is 17.5 Å². The van der Waals surface area contributed by atoms with E-state index in [2.05, 4.69) is 15.1 Å². The zero-order valence-electron chi connectivity index (χ0n) is 26.8. The van der Waals surface area contributed by atoms with Crippen molar-refractivity contribution < 1.29 is 28.0 Å². The number of anilines is 2. The second-order valence-corrected chi connectivity index (χ2v) is 11.2. The van der Waals surface area contributed by atoms with E-state index in [0.717, 1.165) is 29.1 Å². The summed E-state index contributed by atoms with van der Waals surface area (Å²) < 4.78 is 43.6. The second-order valence-electron chi connectivity index (χ2n) is 11.2. The Morgan fingerprint density at radius 3 is 2.23 bits per heavy atom. The number of hydroxylamine groups is 2. The Morgan fingerprint density at radius 1 is 0.917 bits per heavy atom. The van der Waals surface area contributed by atoms with Gasteiger partial charge in [-0.3, -0.25) is 19.7 Å². The summed E-state index contributed by atoms with van der Waals surface area (Å²) in [5, 5.41) is 20.6. The molecule has 0 saturated heterocycles. The van der Waals surface area contributed by atoms with Crippen molar-refractivity contribution >= 4 is 22.4 Å². The molecule has 0 saturated carbocycles. The van der Waals surface area contributed by atoms with Crippen LogP contribution >= 0.6 is 0 Å². The van der Waals surface area contributed by atoms with Gasteiger partial charge < -0.3 is 9.67 Å². The lowest BCUT2D eigenvalue weighted by molar-refractivity contribution is -0.141. The van der Waals surface area contributed by atoms with Crippen molar-refractivity contribution in [2.75, 3.05) is 38.4 Å².